The van der Waals surface area contributed by atoms with Gasteiger partial charge in [-0.25, -0.2) is 8.78 Å². The smallest absolute Gasteiger partial charge is 0.159 e. The van der Waals surface area contributed by atoms with Crippen molar-refractivity contribution in [2.75, 3.05) is 0 Å². The van der Waals surface area contributed by atoms with E-state index in [1.165, 1.54) is 69.1 Å². The third kappa shape index (κ3) is 4.68. The van der Waals surface area contributed by atoms with E-state index in [4.69, 9.17) is 0 Å². The van der Waals surface area contributed by atoms with E-state index < -0.39 is 11.6 Å². The summed E-state index contributed by atoms with van der Waals surface area (Å²) in [6.07, 6.45) is 10.7. The van der Waals surface area contributed by atoms with E-state index in [9.17, 15) is 8.78 Å². The van der Waals surface area contributed by atoms with Crippen LogP contribution in [0, 0.1) is 17.6 Å². The molecule has 0 spiro atoms. The van der Waals surface area contributed by atoms with Gasteiger partial charge in [0, 0.05) is 0 Å². The van der Waals surface area contributed by atoms with Gasteiger partial charge >= 0.3 is 0 Å². The van der Waals surface area contributed by atoms with Gasteiger partial charge in [0.1, 0.15) is 0 Å². The molecule has 134 valence electrons. The predicted octanol–water partition coefficient (Wildman–Crippen LogP) is 7.49. The Balaban J connectivity index is 1.59. The fourth-order valence-corrected chi connectivity index (χ4v) is 4.09. The molecule has 0 atom stereocenters. The zero-order chi connectivity index (χ0) is 17.6. The number of hydrogen-bond donors (Lipinski definition) is 0. The Morgan fingerprint density at radius 3 is 2.12 bits per heavy atom. The molecule has 0 saturated heterocycles. The van der Waals surface area contributed by atoms with Gasteiger partial charge in [-0.1, -0.05) is 62.9 Å². The Morgan fingerprint density at radius 1 is 0.800 bits per heavy atom. The summed E-state index contributed by atoms with van der Waals surface area (Å²) in [5.74, 6) is -0.00951. The minimum atomic E-state index is -0.795. The van der Waals surface area contributed by atoms with Crippen molar-refractivity contribution in [3.8, 4) is 11.1 Å². The van der Waals surface area contributed by atoms with E-state index in [0.29, 0.717) is 5.92 Å². The maximum atomic E-state index is 13.4. The second kappa shape index (κ2) is 8.60. The minimum absolute atomic E-state index is 0.654. The van der Waals surface area contributed by atoms with Crippen molar-refractivity contribution < 1.29 is 8.78 Å². The Kier molecular flexibility index (Phi) is 6.23. The molecule has 0 unspecified atom stereocenters. The van der Waals surface area contributed by atoms with Crippen molar-refractivity contribution in [1.82, 2.24) is 0 Å². The fraction of sp³-hybridized carbons (Fsp3) is 0.478. The van der Waals surface area contributed by atoms with Crippen LogP contribution in [0.4, 0.5) is 8.78 Å². The molecule has 0 nitrogen and oxygen atoms in total. The maximum absolute atomic E-state index is 13.4. The van der Waals surface area contributed by atoms with E-state index >= 15 is 0 Å². The van der Waals surface area contributed by atoms with Crippen molar-refractivity contribution in [2.45, 2.75) is 64.2 Å². The van der Waals surface area contributed by atoms with Crippen molar-refractivity contribution in [1.29, 1.82) is 0 Å². The number of benzene rings is 2. The highest BCUT2D eigenvalue weighted by Gasteiger charge is 2.22. The highest BCUT2D eigenvalue weighted by Crippen LogP contribution is 2.38. The van der Waals surface area contributed by atoms with Gasteiger partial charge in [0.2, 0.25) is 0 Å². The molecule has 0 aliphatic heterocycles. The molecule has 2 aromatic rings. The first kappa shape index (κ1) is 18.1. The molecule has 2 heteroatoms. The summed E-state index contributed by atoms with van der Waals surface area (Å²) in [4.78, 5) is 0. The molecule has 3 rings (SSSR count). The molecule has 1 saturated carbocycles. The zero-order valence-electron chi connectivity index (χ0n) is 15.1. The number of hydrogen-bond acceptors (Lipinski definition) is 0. The first-order valence-corrected chi connectivity index (χ1v) is 9.72. The topological polar surface area (TPSA) is 0 Å². The molecule has 0 bridgehead atoms. The van der Waals surface area contributed by atoms with Gasteiger partial charge < -0.3 is 0 Å². The van der Waals surface area contributed by atoms with E-state index in [-0.39, 0.29) is 0 Å². The number of unbranched alkanes of at least 4 members (excludes halogenated alkanes) is 2. The average molecular weight is 342 g/mol. The summed E-state index contributed by atoms with van der Waals surface area (Å²) in [6, 6.07) is 12.5. The maximum Gasteiger partial charge on any atom is 0.159 e. The third-order valence-corrected chi connectivity index (χ3v) is 5.70. The number of rotatable bonds is 6. The SMILES string of the molecule is CCCCCC1CCC(c2ccc(-c3ccc(F)c(F)c3)cc2)CC1. The molecule has 1 aliphatic carbocycles. The highest BCUT2D eigenvalue weighted by molar-refractivity contribution is 5.63. The van der Waals surface area contributed by atoms with Crippen molar-refractivity contribution in [3.05, 3.63) is 59.7 Å². The highest BCUT2D eigenvalue weighted by atomic mass is 19.2. The molecule has 0 radical (unpaired) electrons. The second-order valence-corrected chi connectivity index (χ2v) is 7.46. The van der Waals surface area contributed by atoms with Crippen molar-refractivity contribution in [2.24, 2.45) is 5.92 Å². The lowest BCUT2D eigenvalue weighted by atomic mass is 9.77. The lowest BCUT2D eigenvalue weighted by Crippen LogP contribution is -2.13. The van der Waals surface area contributed by atoms with Gasteiger partial charge in [0.25, 0.3) is 0 Å². The summed E-state index contributed by atoms with van der Waals surface area (Å²) in [5.41, 5.74) is 3.05. The Bertz CT molecular complexity index is 667. The van der Waals surface area contributed by atoms with Crippen LogP contribution < -0.4 is 0 Å². The first-order chi connectivity index (χ1) is 12.2. The summed E-state index contributed by atoms with van der Waals surface area (Å²) < 4.78 is 26.5. The molecule has 0 aromatic heterocycles. The molecule has 1 aliphatic rings. The summed E-state index contributed by atoms with van der Waals surface area (Å²) in [6.45, 7) is 2.26. The van der Waals surface area contributed by atoms with Gasteiger partial charge in [-0.3, -0.25) is 0 Å². The van der Waals surface area contributed by atoms with Crippen LogP contribution in [0.15, 0.2) is 42.5 Å². The third-order valence-electron chi connectivity index (χ3n) is 5.70. The Hall–Kier alpha value is -1.70. The van der Waals surface area contributed by atoms with Gasteiger partial charge in [0.15, 0.2) is 11.6 Å². The average Bonchev–Trinajstić information content (AvgIpc) is 2.65. The first-order valence-electron chi connectivity index (χ1n) is 9.72. The Labute approximate surface area is 150 Å². The van der Waals surface area contributed by atoms with Crippen LogP contribution in [0.5, 0.6) is 0 Å². The van der Waals surface area contributed by atoms with Crippen LogP contribution in [0.1, 0.15) is 69.8 Å². The van der Waals surface area contributed by atoms with E-state index in [2.05, 4.69) is 19.1 Å². The van der Waals surface area contributed by atoms with E-state index in [1.807, 2.05) is 12.1 Å². The van der Waals surface area contributed by atoms with Gasteiger partial charge in [-0.15, -0.1) is 0 Å². The second-order valence-electron chi connectivity index (χ2n) is 7.46. The monoisotopic (exact) mass is 342 g/mol. The largest absolute Gasteiger partial charge is 0.204 e. The Morgan fingerprint density at radius 2 is 1.48 bits per heavy atom. The molecular formula is C23H28F2. The van der Waals surface area contributed by atoms with Crippen LogP contribution >= 0.6 is 0 Å². The number of halogens is 2. The molecule has 25 heavy (non-hydrogen) atoms. The summed E-state index contributed by atoms with van der Waals surface area (Å²) in [7, 11) is 0. The molecular weight excluding hydrogens is 314 g/mol. The molecule has 1 fully saturated rings. The predicted molar refractivity (Wildman–Crippen MR) is 101 cm³/mol. The van der Waals surface area contributed by atoms with Crippen LogP contribution in [-0.4, -0.2) is 0 Å². The molecule has 2 aromatic carbocycles. The summed E-state index contributed by atoms with van der Waals surface area (Å²) in [5, 5.41) is 0. The lowest BCUT2D eigenvalue weighted by Gasteiger charge is -2.29. The zero-order valence-corrected chi connectivity index (χ0v) is 15.1. The normalized spacial score (nSPS) is 20.6. The van der Waals surface area contributed by atoms with Crippen LogP contribution in [0.2, 0.25) is 0 Å². The van der Waals surface area contributed by atoms with E-state index in [0.717, 1.165) is 17.0 Å². The molecule has 0 heterocycles. The summed E-state index contributed by atoms with van der Waals surface area (Å²) >= 11 is 0. The lowest BCUT2D eigenvalue weighted by molar-refractivity contribution is 0.303. The van der Waals surface area contributed by atoms with Gasteiger partial charge in [-0.05, 0) is 66.3 Å². The minimum Gasteiger partial charge on any atom is -0.204 e. The van der Waals surface area contributed by atoms with Crippen molar-refractivity contribution >= 4 is 0 Å². The fourth-order valence-electron chi connectivity index (χ4n) is 4.09. The molecule has 0 N–H and O–H groups in total. The van der Waals surface area contributed by atoms with Crippen molar-refractivity contribution in [3.63, 3.8) is 0 Å². The van der Waals surface area contributed by atoms with Gasteiger partial charge in [-0.2, -0.15) is 0 Å². The van der Waals surface area contributed by atoms with Gasteiger partial charge in [0.05, 0.1) is 0 Å². The van der Waals surface area contributed by atoms with Crippen LogP contribution in [0.25, 0.3) is 11.1 Å². The van der Waals surface area contributed by atoms with Crippen LogP contribution in [-0.2, 0) is 0 Å². The standard InChI is InChI=1S/C23H28F2/c1-2-3-4-5-17-6-8-18(9-7-17)19-10-12-20(13-11-19)21-14-15-22(24)23(25)16-21/h10-18H,2-9H2,1H3. The van der Waals surface area contributed by atoms with E-state index in [1.54, 1.807) is 6.07 Å². The quantitative estimate of drug-likeness (QED) is 0.477. The molecule has 0 amide bonds. The van der Waals surface area contributed by atoms with Crippen LogP contribution in [0.3, 0.4) is 0 Å².